The van der Waals surface area contributed by atoms with Crippen LogP contribution in [0.5, 0.6) is 0 Å². The summed E-state index contributed by atoms with van der Waals surface area (Å²) in [5.41, 5.74) is 1.89. The molecule has 0 fully saturated rings. The maximum Gasteiger partial charge on any atom is 0.319 e. The van der Waals surface area contributed by atoms with E-state index < -0.39 is 0 Å². The van der Waals surface area contributed by atoms with Gasteiger partial charge >= 0.3 is 6.03 Å². The van der Waals surface area contributed by atoms with Gasteiger partial charge in [-0.05, 0) is 35.4 Å². The molecule has 0 radical (unpaired) electrons. The maximum atomic E-state index is 11.6. The van der Waals surface area contributed by atoms with Crippen LogP contribution in [0.4, 0.5) is 4.79 Å². The van der Waals surface area contributed by atoms with Crippen molar-refractivity contribution in [2.24, 2.45) is 0 Å². The van der Waals surface area contributed by atoms with Gasteiger partial charge in [-0.2, -0.15) is 0 Å². The topological polar surface area (TPSA) is 41.1 Å². The first-order chi connectivity index (χ1) is 10.1. The van der Waals surface area contributed by atoms with Crippen molar-refractivity contribution in [3.05, 3.63) is 75.4 Å². The summed E-state index contributed by atoms with van der Waals surface area (Å²) in [5, 5.41) is 6.03. The first-order valence-corrected chi connectivity index (χ1v) is 7.52. The van der Waals surface area contributed by atoms with E-state index >= 15 is 0 Å². The standard InChI is InChI=1S/C16H14BrClN2O/c17-14-7-5-12(6-8-14)9-10-19-16(21)20-11-13-3-1-2-4-15(13)18/h1-10H,11H2,(H2,19,20,21)/b10-9+. The van der Waals surface area contributed by atoms with Crippen LogP contribution in [0.1, 0.15) is 11.1 Å². The van der Waals surface area contributed by atoms with E-state index in [0.29, 0.717) is 11.6 Å². The van der Waals surface area contributed by atoms with Crippen molar-refractivity contribution < 1.29 is 4.79 Å². The highest BCUT2D eigenvalue weighted by Crippen LogP contribution is 2.14. The van der Waals surface area contributed by atoms with Crippen molar-refractivity contribution in [1.29, 1.82) is 0 Å². The number of urea groups is 1. The Kier molecular flexibility index (Phi) is 5.84. The van der Waals surface area contributed by atoms with E-state index in [-0.39, 0.29) is 6.03 Å². The molecule has 2 amide bonds. The minimum atomic E-state index is -0.275. The average molecular weight is 366 g/mol. The molecule has 0 aliphatic heterocycles. The lowest BCUT2D eigenvalue weighted by Gasteiger charge is -2.06. The van der Waals surface area contributed by atoms with Gasteiger partial charge in [-0.3, -0.25) is 0 Å². The Morgan fingerprint density at radius 1 is 1.14 bits per heavy atom. The summed E-state index contributed by atoms with van der Waals surface area (Å²) in [4.78, 5) is 11.6. The molecule has 0 aliphatic carbocycles. The number of nitrogens with one attached hydrogen (secondary N) is 2. The number of amides is 2. The molecule has 0 saturated heterocycles. The first kappa shape index (κ1) is 15.6. The second kappa shape index (κ2) is 7.86. The Hall–Kier alpha value is -1.78. The van der Waals surface area contributed by atoms with Crippen LogP contribution in [0.2, 0.25) is 5.02 Å². The molecule has 0 aromatic heterocycles. The zero-order chi connectivity index (χ0) is 15.1. The summed E-state index contributed by atoms with van der Waals surface area (Å²) in [6.45, 7) is 0.387. The van der Waals surface area contributed by atoms with E-state index in [4.69, 9.17) is 11.6 Å². The summed E-state index contributed by atoms with van der Waals surface area (Å²) in [7, 11) is 0. The second-order valence-electron chi connectivity index (χ2n) is 4.30. The second-order valence-corrected chi connectivity index (χ2v) is 5.63. The predicted molar refractivity (Wildman–Crippen MR) is 90.0 cm³/mol. The van der Waals surface area contributed by atoms with Crippen molar-refractivity contribution >= 4 is 39.6 Å². The van der Waals surface area contributed by atoms with Gasteiger partial charge in [-0.15, -0.1) is 0 Å². The average Bonchev–Trinajstić information content (AvgIpc) is 2.48. The summed E-state index contributed by atoms with van der Waals surface area (Å²) in [6.07, 6.45) is 3.42. The SMILES string of the molecule is O=C(N/C=C/c1ccc(Br)cc1)NCc1ccccc1Cl. The van der Waals surface area contributed by atoms with Crippen LogP contribution in [-0.2, 0) is 6.54 Å². The van der Waals surface area contributed by atoms with Crippen molar-refractivity contribution in [1.82, 2.24) is 10.6 Å². The molecule has 0 spiro atoms. The molecule has 0 unspecified atom stereocenters. The van der Waals surface area contributed by atoms with Crippen molar-refractivity contribution in [3.8, 4) is 0 Å². The Bertz CT molecular complexity index is 641. The van der Waals surface area contributed by atoms with Gasteiger partial charge in [0.1, 0.15) is 0 Å². The zero-order valence-electron chi connectivity index (χ0n) is 11.1. The van der Waals surface area contributed by atoms with E-state index in [1.54, 1.807) is 12.3 Å². The van der Waals surface area contributed by atoms with E-state index in [2.05, 4.69) is 26.6 Å². The van der Waals surface area contributed by atoms with Crippen molar-refractivity contribution in [3.63, 3.8) is 0 Å². The molecule has 0 atom stereocenters. The van der Waals surface area contributed by atoms with Crippen LogP contribution in [0.15, 0.2) is 59.2 Å². The predicted octanol–water partition coefficient (Wildman–Crippen LogP) is 4.57. The molecule has 21 heavy (non-hydrogen) atoms. The molecule has 0 bridgehead atoms. The lowest BCUT2D eigenvalue weighted by molar-refractivity contribution is 0.244. The highest BCUT2D eigenvalue weighted by atomic mass is 79.9. The maximum absolute atomic E-state index is 11.6. The van der Waals surface area contributed by atoms with Gasteiger partial charge in [0.05, 0.1) is 0 Å². The molecule has 2 aromatic rings. The third-order valence-electron chi connectivity index (χ3n) is 2.76. The molecule has 108 valence electrons. The lowest BCUT2D eigenvalue weighted by Crippen LogP contribution is -2.31. The van der Waals surface area contributed by atoms with Crippen LogP contribution >= 0.6 is 27.5 Å². The third-order valence-corrected chi connectivity index (χ3v) is 3.65. The molecule has 0 heterocycles. The van der Waals surface area contributed by atoms with Gasteiger partial charge < -0.3 is 10.6 Å². The fourth-order valence-electron chi connectivity index (χ4n) is 1.66. The number of rotatable bonds is 4. The van der Waals surface area contributed by atoms with Crippen LogP contribution < -0.4 is 10.6 Å². The highest BCUT2D eigenvalue weighted by Gasteiger charge is 2.01. The van der Waals surface area contributed by atoms with E-state index in [0.717, 1.165) is 15.6 Å². The van der Waals surface area contributed by atoms with Crippen LogP contribution in [0.3, 0.4) is 0 Å². The molecule has 2 aromatic carbocycles. The normalized spacial score (nSPS) is 10.6. The molecule has 2 N–H and O–H groups in total. The molecule has 0 aliphatic rings. The number of carbonyl (C=O) groups is 1. The number of benzene rings is 2. The largest absolute Gasteiger partial charge is 0.334 e. The molecular formula is C16H14BrClN2O. The van der Waals surface area contributed by atoms with Gasteiger partial charge in [0.25, 0.3) is 0 Å². The monoisotopic (exact) mass is 364 g/mol. The smallest absolute Gasteiger partial charge is 0.319 e. The zero-order valence-corrected chi connectivity index (χ0v) is 13.5. The highest BCUT2D eigenvalue weighted by molar-refractivity contribution is 9.10. The Morgan fingerprint density at radius 3 is 2.57 bits per heavy atom. The summed E-state index contributed by atoms with van der Waals surface area (Å²) in [5.74, 6) is 0. The number of hydrogen-bond acceptors (Lipinski definition) is 1. The van der Waals surface area contributed by atoms with E-state index in [1.165, 1.54) is 0 Å². The number of hydrogen-bond donors (Lipinski definition) is 2. The van der Waals surface area contributed by atoms with E-state index in [1.807, 2.05) is 48.5 Å². The summed E-state index contributed by atoms with van der Waals surface area (Å²) < 4.78 is 1.02. The quantitative estimate of drug-likeness (QED) is 0.818. The minimum absolute atomic E-state index is 0.275. The lowest BCUT2D eigenvalue weighted by atomic mass is 10.2. The van der Waals surface area contributed by atoms with Gasteiger partial charge in [0.15, 0.2) is 0 Å². The fraction of sp³-hybridized carbons (Fsp3) is 0.0625. The first-order valence-electron chi connectivity index (χ1n) is 6.35. The molecule has 5 heteroatoms. The number of halogens is 2. The van der Waals surface area contributed by atoms with Gasteiger partial charge in [0, 0.05) is 22.2 Å². The van der Waals surface area contributed by atoms with Crippen LogP contribution in [-0.4, -0.2) is 6.03 Å². The molecule has 0 saturated carbocycles. The van der Waals surface area contributed by atoms with Crippen LogP contribution in [0.25, 0.3) is 6.08 Å². The molecule has 2 rings (SSSR count). The minimum Gasteiger partial charge on any atom is -0.334 e. The van der Waals surface area contributed by atoms with Crippen molar-refractivity contribution in [2.75, 3.05) is 0 Å². The van der Waals surface area contributed by atoms with E-state index in [9.17, 15) is 4.79 Å². The van der Waals surface area contributed by atoms with Crippen molar-refractivity contribution in [2.45, 2.75) is 6.54 Å². The van der Waals surface area contributed by atoms with Gasteiger partial charge in [-0.1, -0.05) is 57.9 Å². The third kappa shape index (κ3) is 5.25. The number of carbonyl (C=O) groups excluding carboxylic acids is 1. The summed E-state index contributed by atoms with van der Waals surface area (Å²) >= 11 is 9.39. The van der Waals surface area contributed by atoms with Crippen LogP contribution in [0, 0.1) is 0 Å². The summed E-state index contributed by atoms with van der Waals surface area (Å²) in [6, 6.07) is 14.9. The fourth-order valence-corrected chi connectivity index (χ4v) is 2.12. The molecular weight excluding hydrogens is 352 g/mol. The van der Waals surface area contributed by atoms with Gasteiger partial charge in [0.2, 0.25) is 0 Å². The Balaban J connectivity index is 1.80. The van der Waals surface area contributed by atoms with Gasteiger partial charge in [-0.25, -0.2) is 4.79 Å². The Morgan fingerprint density at radius 2 is 1.86 bits per heavy atom. The molecule has 3 nitrogen and oxygen atoms in total. The Labute approximate surface area is 137 Å².